The number of rotatable bonds is 14. The summed E-state index contributed by atoms with van der Waals surface area (Å²) < 4.78 is 11.8. The van der Waals surface area contributed by atoms with Gasteiger partial charge in [0.05, 0.1) is 24.3 Å². The maximum absolute atomic E-state index is 11.1. The van der Waals surface area contributed by atoms with Gasteiger partial charge in [-0.25, -0.2) is 9.59 Å². The Kier molecular flexibility index (Phi) is 8.98. The van der Waals surface area contributed by atoms with Gasteiger partial charge in [-0.2, -0.15) is 0 Å². The average Bonchev–Trinajstić information content (AvgIpc) is 2.90. The van der Waals surface area contributed by atoms with E-state index in [1.165, 1.54) is 19.3 Å². The minimum atomic E-state index is -0.920. The zero-order chi connectivity index (χ0) is 26.0. The summed E-state index contributed by atoms with van der Waals surface area (Å²) in [5, 5.41) is 21.9. The largest absolute Gasteiger partial charge is 0.494 e. The second-order valence-electron chi connectivity index (χ2n) is 9.23. The molecule has 0 radical (unpaired) electrons. The molecule has 6 heteroatoms. The lowest BCUT2D eigenvalue weighted by molar-refractivity contribution is 0.0686. The zero-order valence-electron chi connectivity index (χ0n) is 20.8. The molecule has 0 atom stereocenters. The monoisotopic (exact) mass is 500 g/mol. The molecule has 0 unspecified atom stereocenters. The second-order valence-corrected chi connectivity index (χ2v) is 9.23. The van der Waals surface area contributed by atoms with Crippen molar-refractivity contribution < 1.29 is 29.3 Å². The summed E-state index contributed by atoms with van der Waals surface area (Å²) in [6.45, 7) is 1.35. The average molecular weight is 501 g/mol. The number of hydrogen-bond acceptors (Lipinski definition) is 4. The fourth-order valence-corrected chi connectivity index (χ4v) is 4.36. The van der Waals surface area contributed by atoms with Crippen molar-refractivity contribution >= 4 is 33.5 Å². The molecule has 0 saturated carbocycles. The fraction of sp³-hybridized carbons (Fsp3) is 0.290. The topological polar surface area (TPSA) is 93.1 Å². The number of carboxylic acids is 2. The highest BCUT2D eigenvalue weighted by Gasteiger charge is 2.06. The van der Waals surface area contributed by atoms with Crippen LogP contribution in [-0.4, -0.2) is 35.4 Å². The molecule has 4 aromatic carbocycles. The molecule has 0 spiro atoms. The lowest BCUT2D eigenvalue weighted by atomic mass is 10.1. The first-order valence-corrected chi connectivity index (χ1v) is 12.8. The summed E-state index contributed by atoms with van der Waals surface area (Å²) in [7, 11) is 0. The minimum absolute atomic E-state index is 0.289. The van der Waals surface area contributed by atoms with E-state index < -0.39 is 11.9 Å². The van der Waals surface area contributed by atoms with E-state index in [0.717, 1.165) is 58.7 Å². The van der Waals surface area contributed by atoms with Crippen molar-refractivity contribution in [1.82, 2.24) is 0 Å². The van der Waals surface area contributed by atoms with Gasteiger partial charge in [-0.15, -0.1) is 0 Å². The van der Waals surface area contributed by atoms with Gasteiger partial charge in [-0.05, 0) is 82.9 Å². The predicted molar refractivity (Wildman–Crippen MR) is 145 cm³/mol. The van der Waals surface area contributed by atoms with E-state index >= 15 is 0 Å². The van der Waals surface area contributed by atoms with Crippen molar-refractivity contribution in [2.24, 2.45) is 0 Å². The van der Waals surface area contributed by atoms with Crippen LogP contribution in [0.3, 0.4) is 0 Å². The third-order valence-electron chi connectivity index (χ3n) is 6.44. The second kappa shape index (κ2) is 12.8. The molecule has 4 aromatic rings. The van der Waals surface area contributed by atoms with Gasteiger partial charge in [-0.1, -0.05) is 56.4 Å². The molecule has 0 bridgehead atoms. The summed E-state index contributed by atoms with van der Waals surface area (Å²) >= 11 is 0. The van der Waals surface area contributed by atoms with Gasteiger partial charge in [0.25, 0.3) is 0 Å². The first-order chi connectivity index (χ1) is 18.0. The minimum Gasteiger partial charge on any atom is -0.494 e. The first-order valence-electron chi connectivity index (χ1n) is 12.8. The van der Waals surface area contributed by atoms with E-state index in [1.54, 1.807) is 24.3 Å². The van der Waals surface area contributed by atoms with E-state index in [9.17, 15) is 9.59 Å². The van der Waals surface area contributed by atoms with E-state index in [1.807, 2.05) is 48.5 Å². The lowest BCUT2D eigenvalue weighted by Crippen LogP contribution is -1.99. The maximum atomic E-state index is 11.1. The number of benzene rings is 4. The van der Waals surface area contributed by atoms with Gasteiger partial charge in [-0.3, -0.25) is 0 Å². The molecule has 0 aliphatic rings. The third kappa shape index (κ3) is 7.46. The van der Waals surface area contributed by atoms with E-state index in [-0.39, 0.29) is 11.1 Å². The van der Waals surface area contributed by atoms with Crippen LogP contribution in [0.4, 0.5) is 0 Å². The highest BCUT2D eigenvalue weighted by molar-refractivity contribution is 5.95. The molecule has 0 aromatic heterocycles. The van der Waals surface area contributed by atoms with Crippen LogP contribution in [-0.2, 0) is 0 Å². The summed E-state index contributed by atoms with van der Waals surface area (Å²) in [6, 6.07) is 21.7. The molecular weight excluding hydrogens is 468 g/mol. The number of carboxylic acid groups (broad SMARTS) is 2. The van der Waals surface area contributed by atoms with Crippen LogP contribution in [0.5, 0.6) is 11.5 Å². The number of carbonyl (C=O) groups is 2. The van der Waals surface area contributed by atoms with Crippen molar-refractivity contribution in [3.05, 3.63) is 83.9 Å². The molecule has 0 amide bonds. The summed E-state index contributed by atoms with van der Waals surface area (Å²) in [4.78, 5) is 22.2. The van der Waals surface area contributed by atoms with Crippen molar-refractivity contribution in [1.29, 1.82) is 0 Å². The van der Waals surface area contributed by atoms with Gasteiger partial charge in [0.2, 0.25) is 0 Å². The van der Waals surface area contributed by atoms with Crippen LogP contribution in [0.2, 0.25) is 0 Å². The first kappa shape index (κ1) is 26.0. The molecule has 37 heavy (non-hydrogen) atoms. The van der Waals surface area contributed by atoms with Gasteiger partial charge >= 0.3 is 11.9 Å². The van der Waals surface area contributed by atoms with Crippen molar-refractivity contribution in [2.45, 2.75) is 44.9 Å². The number of fused-ring (bicyclic) bond motifs is 2. The Morgan fingerprint density at radius 2 is 0.838 bits per heavy atom. The zero-order valence-corrected chi connectivity index (χ0v) is 20.8. The standard InChI is InChI=1S/C31H32O6/c32-30(33)26-10-8-24-20-28(14-12-22(24)18-26)36-16-6-4-2-1-3-5-7-17-37-29-15-13-23-19-27(31(34)35)11-9-25(23)21-29/h8-15,18-21H,1-7,16-17H2,(H,32,33)(H,34,35). The van der Waals surface area contributed by atoms with Gasteiger partial charge < -0.3 is 19.7 Å². The Balaban J connectivity index is 1.05. The molecule has 0 saturated heterocycles. The highest BCUT2D eigenvalue weighted by atomic mass is 16.5. The summed E-state index contributed by atoms with van der Waals surface area (Å²) in [5.74, 6) is -0.215. The molecular formula is C31H32O6. The van der Waals surface area contributed by atoms with Gasteiger partial charge in [0.15, 0.2) is 0 Å². The van der Waals surface area contributed by atoms with Gasteiger partial charge in [0.1, 0.15) is 11.5 Å². The summed E-state index contributed by atoms with van der Waals surface area (Å²) in [6.07, 6.45) is 7.85. The Morgan fingerprint density at radius 3 is 1.24 bits per heavy atom. The molecule has 0 fully saturated rings. The number of aromatic carboxylic acids is 2. The van der Waals surface area contributed by atoms with Crippen LogP contribution in [0.25, 0.3) is 21.5 Å². The molecule has 0 aliphatic carbocycles. The molecule has 2 N–H and O–H groups in total. The van der Waals surface area contributed by atoms with Crippen LogP contribution in [0, 0.1) is 0 Å². The molecule has 6 nitrogen and oxygen atoms in total. The van der Waals surface area contributed by atoms with Crippen LogP contribution >= 0.6 is 0 Å². The number of hydrogen-bond donors (Lipinski definition) is 2. The van der Waals surface area contributed by atoms with E-state index in [0.29, 0.717) is 13.2 Å². The maximum Gasteiger partial charge on any atom is 0.335 e. The SMILES string of the molecule is O=C(O)c1ccc2cc(OCCCCCCCCCOc3ccc4cc(C(=O)O)ccc4c3)ccc2c1. The Hall–Kier alpha value is -4.06. The van der Waals surface area contributed by atoms with E-state index in [4.69, 9.17) is 19.7 Å². The molecule has 0 heterocycles. The smallest absolute Gasteiger partial charge is 0.335 e. The Labute approximate surface area is 216 Å². The van der Waals surface area contributed by atoms with Crippen molar-refractivity contribution in [3.8, 4) is 11.5 Å². The molecule has 192 valence electrons. The van der Waals surface area contributed by atoms with Crippen LogP contribution < -0.4 is 9.47 Å². The molecule has 4 rings (SSSR count). The third-order valence-corrected chi connectivity index (χ3v) is 6.44. The Morgan fingerprint density at radius 1 is 0.486 bits per heavy atom. The predicted octanol–water partition coefficient (Wildman–Crippen LogP) is 7.58. The van der Waals surface area contributed by atoms with Crippen LogP contribution in [0.15, 0.2) is 72.8 Å². The highest BCUT2D eigenvalue weighted by Crippen LogP contribution is 2.24. The Bertz CT molecular complexity index is 1270. The summed E-state index contributed by atoms with van der Waals surface area (Å²) in [5.41, 5.74) is 0.579. The number of ether oxygens (including phenoxy) is 2. The van der Waals surface area contributed by atoms with Crippen molar-refractivity contribution in [3.63, 3.8) is 0 Å². The van der Waals surface area contributed by atoms with Crippen molar-refractivity contribution in [2.75, 3.05) is 13.2 Å². The van der Waals surface area contributed by atoms with Gasteiger partial charge in [0, 0.05) is 0 Å². The normalized spacial score (nSPS) is 11.0. The number of unbranched alkanes of at least 4 members (excludes halogenated alkanes) is 6. The lowest BCUT2D eigenvalue weighted by Gasteiger charge is -2.09. The molecule has 0 aliphatic heterocycles. The van der Waals surface area contributed by atoms with Crippen LogP contribution in [0.1, 0.15) is 65.7 Å². The quantitative estimate of drug-likeness (QED) is 0.173. The van der Waals surface area contributed by atoms with E-state index in [2.05, 4.69) is 0 Å². The fourth-order valence-electron chi connectivity index (χ4n) is 4.36.